The Morgan fingerprint density at radius 2 is 2.38 bits per heavy atom. The molecular formula is C10H9N3O3. The summed E-state index contributed by atoms with van der Waals surface area (Å²) in [5.41, 5.74) is 0.870. The van der Waals surface area contributed by atoms with Crippen molar-refractivity contribution in [3.63, 3.8) is 0 Å². The normalized spacial score (nSPS) is 10.1. The van der Waals surface area contributed by atoms with Crippen molar-refractivity contribution in [1.82, 2.24) is 9.97 Å². The number of aromatic nitrogens is 2. The number of nitrogens with one attached hydrogen (secondary N) is 1. The average molecular weight is 219 g/mol. The van der Waals surface area contributed by atoms with E-state index in [-0.39, 0.29) is 17.5 Å². The van der Waals surface area contributed by atoms with Crippen LogP contribution in [0.4, 0.5) is 6.01 Å². The molecule has 6 nitrogen and oxygen atoms in total. The van der Waals surface area contributed by atoms with Gasteiger partial charge in [0.15, 0.2) is 0 Å². The van der Waals surface area contributed by atoms with Gasteiger partial charge in [-0.15, -0.1) is 0 Å². The Balaban J connectivity index is 2.55. The third kappa shape index (κ3) is 1.72. The largest absolute Gasteiger partial charge is 0.475 e. The van der Waals surface area contributed by atoms with Gasteiger partial charge >= 0.3 is 5.97 Å². The van der Waals surface area contributed by atoms with Crippen molar-refractivity contribution in [2.45, 2.75) is 0 Å². The lowest BCUT2D eigenvalue weighted by atomic mass is 10.2. The first kappa shape index (κ1) is 10.2. The minimum absolute atomic E-state index is 0.163. The van der Waals surface area contributed by atoms with Crippen LogP contribution in [-0.4, -0.2) is 28.1 Å². The van der Waals surface area contributed by atoms with Gasteiger partial charge in [0, 0.05) is 25.0 Å². The summed E-state index contributed by atoms with van der Waals surface area (Å²) < 4.78 is 5.03. The van der Waals surface area contributed by atoms with Gasteiger partial charge in [-0.1, -0.05) is 0 Å². The van der Waals surface area contributed by atoms with E-state index in [9.17, 15) is 4.79 Å². The van der Waals surface area contributed by atoms with E-state index in [0.29, 0.717) is 5.56 Å². The highest BCUT2D eigenvalue weighted by molar-refractivity contribution is 5.92. The van der Waals surface area contributed by atoms with Crippen LogP contribution in [0.3, 0.4) is 0 Å². The first-order chi connectivity index (χ1) is 7.72. The number of nitrogens with zero attached hydrogens (tertiary/aromatic N) is 2. The van der Waals surface area contributed by atoms with Gasteiger partial charge in [0.2, 0.25) is 5.76 Å². The number of carboxylic acids is 1. The lowest BCUT2D eigenvalue weighted by Gasteiger charge is -1.94. The Kier molecular flexibility index (Phi) is 2.55. The summed E-state index contributed by atoms with van der Waals surface area (Å²) in [4.78, 5) is 18.9. The first-order valence-corrected chi connectivity index (χ1v) is 4.54. The summed E-state index contributed by atoms with van der Waals surface area (Å²) in [5, 5.41) is 11.6. The molecule has 0 amide bonds. The predicted octanol–water partition coefficient (Wildman–Crippen LogP) is 1.48. The zero-order chi connectivity index (χ0) is 11.5. The SMILES string of the molecule is CNc1nc(-c2cccnc2)c(C(=O)O)o1. The number of oxazole rings is 1. The Hall–Kier alpha value is -2.37. The van der Waals surface area contributed by atoms with Crippen molar-refractivity contribution in [2.24, 2.45) is 0 Å². The van der Waals surface area contributed by atoms with Crippen LogP contribution in [0.15, 0.2) is 28.9 Å². The van der Waals surface area contributed by atoms with Crippen LogP contribution in [0.25, 0.3) is 11.3 Å². The molecule has 2 aromatic rings. The molecule has 0 saturated heterocycles. The number of carboxylic acid groups (broad SMARTS) is 1. The predicted molar refractivity (Wildman–Crippen MR) is 56.2 cm³/mol. The Morgan fingerprint density at radius 1 is 1.56 bits per heavy atom. The minimum atomic E-state index is -1.16. The van der Waals surface area contributed by atoms with Gasteiger partial charge in [-0.25, -0.2) is 4.79 Å². The fourth-order valence-electron chi connectivity index (χ4n) is 1.27. The molecule has 2 rings (SSSR count). The molecule has 0 spiro atoms. The van der Waals surface area contributed by atoms with Crippen LogP contribution in [-0.2, 0) is 0 Å². The molecule has 6 heteroatoms. The van der Waals surface area contributed by atoms with Crippen LogP contribution >= 0.6 is 0 Å². The second-order valence-electron chi connectivity index (χ2n) is 2.99. The van der Waals surface area contributed by atoms with E-state index < -0.39 is 5.97 Å². The lowest BCUT2D eigenvalue weighted by Crippen LogP contribution is -1.96. The number of carbonyl (C=O) groups is 1. The molecule has 0 aliphatic carbocycles. The van der Waals surface area contributed by atoms with Gasteiger partial charge in [-0.3, -0.25) is 4.98 Å². The summed E-state index contributed by atoms with van der Waals surface area (Å²) in [6.45, 7) is 0. The van der Waals surface area contributed by atoms with Crippen LogP contribution in [0.2, 0.25) is 0 Å². The third-order valence-corrected chi connectivity index (χ3v) is 1.97. The molecule has 0 fully saturated rings. The van der Waals surface area contributed by atoms with E-state index in [0.717, 1.165) is 0 Å². The van der Waals surface area contributed by atoms with Gasteiger partial charge in [-0.05, 0) is 12.1 Å². The van der Waals surface area contributed by atoms with Gasteiger partial charge < -0.3 is 14.8 Å². The number of hydrogen-bond acceptors (Lipinski definition) is 5. The third-order valence-electron chi connectivity index (χ3n) is 1.97. The summed E-state index contributed by atoms with van der Waals surface area (Å²) in [5.74, 6) is -1.36. The monoisotopic (exact) mass is 219 g/mol. The topological polar surface area (TPSA) is 88.2 Å². The molecule has 82 valence electrons. The van der Waals surface area contributed by atoms with Crippen molar-refractivity contribution in [2.75, 3.05) is 12.4 Å². The number of aromatic carboxylic acids is 1. The lowest BCUT2D eigenvalue weighted by molar-refractivity contribution is 0.0665. The van der Waals surface area contributed by atoms with E-state index in [2.05, 4.69) is 15.3 Å². The van der Waals surface area contributed by atoms with Crippen LogP contribution in [0, 0.1) is 0 Å². The molecular weight excluding hydrogens is 210 g/mol. The highest BCUT2D eigenvalue weighted by Crippen LogP contribution is 2.25. The molecule has 0 radical (unpaired) electrons. The molecule has 2 N–H and O–H groups in total. The van der Waals surface area contributed by atoms with Gasteiger partial charge in [-0.2, -0.15) is 4.98 Å². The van der Waals surface area contributed by atoms with Gasteiger partial charge in [0.1, 0.15) is 5.69 Å². The fourth-order valence-corrected chi connectivity index (χ4v) is 1.27. The second kappa shape index (κ2) is 4.01. The highest BCUT2D eigenvalue weighted by atomic mass is 16.4. The molecule has 0 saturated carbocycles. The molecule has 0 bridgehead atoms. The zero-order valence-electron chi connectivity index (χ0n) is 8.47. The van der Waals surface area contributed by atoms with Crippen molar-refractivity contribution in [3.05, 3.63) is 30.3 Å². The van der Waals surface area contributed by atoms with Crippen molar-refractivity contribution in [3.8, 4) is 11.3 Å². The molecule has 0 atom stereocenters. The molecule has 0 aliphatic heterocycles. The maximum absolute atomic E-state index is 10.9. The number of hydrogen-bond donors (Lipinski definition) is 2. The highest BCUT2D eigenvalue weighted by Gasteiger charge is 2.20. The van der Waals surface area contributed by atoms with Crippen molar-refractivity contribution < 1.29 is 14.3 Å². The molecule has 0 unspecified atom stereocenters. The average Bonchev–Trinajstić information content (AvgIpc) is 2.74. The smallest absolute Gasteiger partial charge is 0.374 e. The first-order valence-electron chi connectivity index (χ1n) is 4.54. The number of rotatable bonds is 3. The summed E-state index contributed by atoms with van der Waals surface area (Å²) in [7, 11) is 1.60. The molecule has 16 heavy (non-hydrogen) atoms. The maximum Gasteiger partial charge on any atom is 0.374 e. The second-order valence-corrected chi connectivity index (χ2v) is 2.99. The van der Waals surface area contributed by atoms with Crippen LogP contribution in [0.1, 0.15) is 10.6 Å². The van der Waals surface area contributed by atoms with E-state index in [1.54, 1.807) is 25.4 Å². The van der Waals surface area contributed by atoms with Crippen LogP contribution in [0.5, 0.6) is 0 Å². The van der Waals surface area contributed by atoms with Crippen LogP contribution < -0.4 is 5.32 Å². The maximum atomic E-state index is 10.9. The minimum Gasteiger partial charge on any atom is -0.475 e. The summed E-state index contributed by atoms with van der Waals surface area (Å²) in [6, 6.07) is 3.59. The Labute approximate surface area is 91.0 Å². The summed E-state index contributed by atoms with van der Waals surface area (Å²) >= 11 is 0. The standard InChI is InChI=1S/C10H9N3O3/c1-11-10-13-7(8(16-10)9(14)15)6-3-2-4-12-5-6/h2-5H,1H3,(H,11,13)(H,14,15). The van der Waals surface area contributed by atoms with E-state index >= 15 is 0 Å². The molecule has 2 heterocycles. The van der Waals surface area contributed by atoms with Crippen molar-refractivity contribution in [1.29, 1.82) is 0 Å². The molecule has 2 aromatic heterocycles. The van der Waals surface area contributed by atoms with E-state index in [1.807, 2.05) is 0 Å². The molecule has 0 aliphatic rings. The zero-order valence-corrected chi connectivity index (χ0v) is 8.47. The fraction of sp³-hybridized carbons (Fsp3) is 0.100. The van der Waals surface area contributed by atoms with E-state index in [4.69, 9.17) is 9.52 Å². The molecule has 0 aromatic carbocycles. The number of pyridine rings is 1. The Morgan fingerprint density at radius 3 is 2.94 bits per heavy atom. The van der Waals surface area contributed by atoms with Gasteiger partial charge in [0.25, 0.3) is 6.01 Å². The van der Waals surface area contributed by atoms with Crippen molar-refractivity contribution >= 4 is 12.0 Å². The van der Waals surface area contributed by atoms with Gasteiger partial charge in [0.05, 0.1) is 0 Å². The summed E-state index contributed by atoms with van der Waals surface area (Å²) in [6.07, 6.45) is 3.13. The van der Waals surface area contributed by atoms with E-state index in [1.165, 1.54) is 6.20 Å². The Bertz CT molecular complexity index is 507. The number of anilines is 1. The quantitative estimate of drug-likeness (QED) is 0.812.